The van der Waals surface area contributed by atoms with Gasteiger partial charge in [-0.05, 0) is 50.8 Å². The number of furan rings is 1. The van der Waals surface area contributed by atoms with E-state index in [2.05, 4.69) is 32.9 Å². The minimum absolute atomic E-state index is 0.171. The maximum absolute atomic E-state index is 12.6. The van der Waals surface area contributed by atoms with Gasteiger partial charge in [0.1, 0.15) is 5.58 Å². The quantitative estimate of drug-likeness (QED) is 0.948. The number of carbonyl (C=O) groups excluding carboxylic acids is 1. The van der Waals surface area contributed by atoms with Crippen molar-refractivity contribution in [2.75, 3.05) is 13.1 Å². The zero-order valence-corrected chi connectivity index (χ0v) is 13.6. The van der Waals surface area contributed by atoms with Crippen LogP contribution in [0.2, 0.25) is 0 Å². The summed E-state index contributed by atoms with van der Waals surface area (Å²) in [5.74, 6) is 0.606. The molecule has 22 heavy (non-hydrogen) atoms. The van der Waals surface area contributed by atoms with Crippen LogP contribution in [0.25, 0.3) is 11.0 Å². The number of likely N-dealkylation sites (tertiary alicyclic amines) is 1. The summed E-state index contributed by atoms with van der Waals surface area (Å²) in [6, 6.07) is 4.42. The topological polar surface area (TPSA) is 59.5 Å². The predicted molar refractivity (Wildman–Crippen MR) is 87.7 cm³/mol. The SMILES string of the molecule is Cc1ccc2c(CC(=O)N3CC(CN)CC3C)coc2c1C. The molecular formula is C18H24N2O2. The monoisotopic (exact) mass is 300 g/mol. The lowest BCUT2D eigenvalue weighted by molar-refractivity contribution is -0.131. The van der Waals surface area contributed by atoms with Crippen LogP contribution in [0.4, 0.5) is 0 Å². The van der Waals surface area contributed by atoms with Gasteiger partial charge < -0.3 is 15.1 Å². The summed E-state index contributed by atoms with van der Waals surface area (Å²) in [5, 5.41) is 1.05. The largest absolute Gasteiger partial charge is 0.464 e. The molecule has 2 heterocycles. The van der Waals surface area contributed by atoms with Gasteiger partial charge in [0.2, 0.25) is 5.91 Å². The standard InChI is InChI=1S/C18H24N2O2/c1-11-4-5-16-15(10-22-18(16)13(11)3)7-17(21)20-9-14(8-19)6-12(20)2/h4-5,10,12,14H,6-9,19H2,1-3H3. The summed E-state index contributed by atoms with van der Waals surface area (Å²) in [6.45, 7) is 7.67. The van der Waals surface area contributed by atoms with Crippen LogP contribution in [-0.2, 0) is 11.2 Å². The number of rotatable bonds is 3. The molecule has 4 nitrogen and oxygen atoms in total. The van der Waals surface area contributed by atoms with Crippen molar-refractivity contribution in [1.29, 1.82) is 0 Å². The summed E-state index contributed by atoms with van der Waals surface area (Å²) in [7, 11) is 0. The second-order valence-corrected chi connectivity index (χ2v) is 6.55. The van der Waals surface area contributed by atoms with Crippen molar-refractivity contribution in [2.24, 2.45) is 11.7 Å². The molecule has 2 unspecified atom stereocenters. The smallest absolute Gasteiger partial charge is 0.227 e. The Bertz CT molecular complexity index is 704. The molecule has 3 rings (SSSR count). The van der Waals surface area contributed by atoms with Crippen molar-refractivity contribution in [1.82, 2.24) is 4.90 Å². The van der Waals surface area contributed by atoms with Crippen LogP contribution in [0, 0.1) is 19.8 Å². The lowest BCUT2D eigenvalue weighted by Crippen LogP contribution is -2.35. The van der Waals surface area contributed by atoms with Crippen LogP contribution in [0.5, 0.6) is 0 Å². The van der Waals surface area contributed by atoms with Crippen LogP contribution >= 0.6 is 0 Å². The zero-order chi connectivity index (χ0) is 15.9. The van der Waals surface area contributed by atoms with Gasteiger partial charge >= 0.3 is 0 Å². The summed E-state index contributed by atoms with van der Waals surface area (Å²) in [5.41, 5.74) is 9.98. The van der Waals surface area contributed by atoms with Crippen molar-refractivity contribution in [3.8, 4) is 0 Å². The molecule has 0 aliphatic carbocycles. The van der Waals surface area contributed by atoms with Crippen molar-refractivity contribution >= 4 is 16.9 Å². The molecule has 1 fully saturated rings. The van der Waals surface area contributed by atoms with E-state index in [0.717, 1.165) is 35.1 Å². The number of fused-ring (bicyclic) bond motifs is 1. The fourth-order valence-corrected chi connectivity index (χ4v) is 3.45. The van der Waals surface area contributed by atoms with Crippen molar-refractivity contribution in [2.45, 2.75) is 39.7 Å². The molecule has 118 valence electrons. The molecule has 1 aliphatic rings. The molecule has 4 heteroatoms. The van der Waals surface area contributed by atoms with Gasteiger partial charge in [0, 0.05) is 23.5 Å². The van der Waals surface area contributed by atoms with E-state index in [-0.39, 0.29) is 11.9 Å². The third-order valence-electron chi connectivity index (χ3n) is 5.00. The zero-order valence-electron chi connectivity index (χ0n) is 13.6. The number of aryl methyl sites for hydroxylation is 2. The van der Waals surface area contributed by atoms with E-state index >= 15 is 0 Å². The average molecular weight is 300 g/mol. The number of hydrogen-bond donors (Lipinski definition) is 1. The van der Waals surface area contributed by atoms with E-state index < -0.39 is 0 Å². The molecule has 0 radical (unpaired) electrons. The number of nitrogens with zero attached hydrogens (tertiary/aromatic N) is 1. The first kappa shape index (κ1) is 15.1. The van der Waals surface area contributed by atoms with Crippen molar-refractivity contribution < 1.29 is 9.21 Å². The second kappa shape index (κ2) is 5.76. The Morgan fingerprint density at radius 3 is 2.86 bits per heavy atom. The van der Waals surface area contributed by atoms with Gasteiger partial charge in [0.25, 0.3) is 0 Å². The van der Waals surface area contributed by atoms with Gasteiger partial charge in [-0.3, -0.25) is 4.79 Å². The number of nitrogens with two attached hydrogens (primary N) is 1. The van der Waals surface area contributed by atoms with E-state index in [9.17, 15) is 4.79 Å². The molecule has 1 aliphatic heterocycles. The molecule has 1 saturated heterocycles. The van der Waals surface area contributed by atoms with E-state index in [0.29, 0.717) is 18.9 Å². The van der Waals surface area contributed by atoms with Crippen molar-refractivity contribution in [3.63, 3.8) is 0 Å². The third-order valence-corrected chi connectivity index (χ3v) is 5.00. The summed E-state index contributed by atoms with van der Waals surface area (Å²) in [4.78, 5) is 14.6. The van der Waals surface area contributed by atoms with Gasteiger partial charge in [-0.1, -0.05) is 12.1 Å². The molecule has 2 atom stereocenters. The highest BCUT2D eigenvalue weighted by Crippen LogP contribution is 2.28. The van der Waals surface area contributed by atoms with Crippen LogP contribution in [0.15, 0.2) is 22.8 Å². The molecule has 2 N–H and O–H groups in total. The molecule has 1 amide bonds. The molecule has 0 bridgehead atoms. The Labute approximate surface area is 131 Å². The Hall–Kier alpha value is -1.81. The summed E-state index contributed by atoms with van der Waals surface area (Å²) >= 11 is 0. The number of amides is 1. The predicted octanol–water partition coefficient (Wildman–Crippen LogP) is 2.79. The molecule has 0 spiro atoms. The molecule has 1 aromatic carbocycles. The molecule has 1 aromatic heterocycles. The van der Waals surface area contributed by atoms with E-state index in [1.54, 1.807) is 6.26 Å². The molecule has 0 saturated carbocycles. The Morgan fingerprint density at radius 1 is 1.41 bits per heavy atom. The number of hydrogen-bond acceptors (Lipinski definition) is 3. The van der Waals surface area contributed by atoms with Crippen LogP contribution in [-0.4, -0.2) is 29.9 Å². The lowest BCUT2D eigenvalue weighted by atomic mass is 10.0. The van der Waals surface area contributed by atoms with Gasteiger partial charge in [0.05, 0.1) is 12.7 Å². The van der Waals surface area contributed by atoms with Gasteiger partial charge in [-0.2, -0.15) is 0 Å². The maximum atomic E-state index is 12.6. The first-order chi connectivity index (χ1) is 10.5. The normalized spacial score (nSPS) is 21.7. The Balaban J connectivity index is 1.82. The van der Waals surface area contributed by atoms with E-state index in [1.807, 2.05) is 4.90 Å². The lowest BCUT2D eigenvalue weighted by Gasteiger charge is -2.21. The van der Waals surface area contributed by atoms with Gasteiger partial charge in [0.15, 0.2) is 0 Å². The van der Waals surface area contributed by atoms with E-state index in [1.165, 1.54) is 5.56 Å². The van der Waals surface area contributed by atoms with E-state index in [4.69, 9.17) is 10.2 Å². The first-order valence-electron chi connectivity index (χ1n) is 7.97. The summed E-state index contributed by atoms with van der Waals surface area (Å²) in [6.07, 6.45) is 3.14. The highest BCUT2D eigenvalue weighted by molar-refractivity contribution is 5.89. The minimum atomic E-state index is 0.171. The highest BCUT2D eigenvalue weighted by atomic mass is 16.3. The number of carbonyl (C=O) groups is 1. The fraction of sp³-hybridized carbons (Fsp3) is 0.500. The highest BCUT2D eigenvalue weighted by Gasteiger charge is 2.31. The maximum Gasteiger partial charge on any atom is 0.227 e. The van der Waals surface area contributed by atoms with Crippen LogP contribution in [0.3, 0.4) is 0 Å². The number of benzene rings is 1. The second-order valence-electron chi connectivity index (χ2n) is 6.55. The molecular weight excluding hydrogens is 276 g/mol. The minimum Gasteiger partial charge on any atom is -0.464 e. The molecule has 2 aromatic rings. The van der Waals surface area contributed by atoms with Crippen LogP contribution in [0.1, 0.15) is 30.0 Å². The van der Waals surface area contributed by atoms with Gasteiger partial charge in [-0.15, -0.1) is 0 Å². The average Bonchev–Trinajstić information content (AvgIpc) is 3.07. The van der Waals surface area contributed by atoms with Crippen LogP contribution < -0.4 is 5.73 Å². The third kappa shape index (κ3) is 2.52. The van der Waals surface area contributed by atoms with Crippen molar-refractivity contribution in [3.05, 3.63) is 35.1 Å². The van der Waals surface area contributed by atoms with Gasteiger partial charge in [-0.25, -0.2) is 0 Å². The Morgan fingerprint density at radius 2 is 2.18 bits per heavy atom. The first-order valence-corrected chi connectivity index (χ1v) is 7.97. The Kier molecular flexibility index (Phi) is 3.96. The summed E-state index contributed by atoms with van der Waals surface area (Å²) < 4.78 is 5.70. The fourth-order valence-electron chi connectivity index (χ4n) is 3.45.